The van der Waals surface area contributed by atoms with Gasteiger partial charge in [-0.25, -0.2) is 4.90 Å². The third kappa shape index (κ3) is 4.50. The van der Waals surface area contributed by atoms with E-state index in [-0.39, 0.29) is 42.0 Å². The summed E-state index contributed by atoms with van der Waals surface area (Å²) in [4.78, 5) is 60.7. The third-order valence-corrected chi connectivity index (χ3v) is 12.4. The third-order valence-electron chi connectivity index (χ3n) is 12.0. The zero-order valence-electron chi connectivity index (χ0n) is 28.3. The van der Waals surface area contributed by atoms with E-state index in [2.05, 4.69) is 0 Å². The molecule has 6 atom stereocenters. The molecule has 5 aromatic rings. The standard InChI is InChI=1S/C45H34ClNO5/c1-25-16-18-29(22-36(25)46)47-43(51)32-20-19-31-34(39(32)44(47)52)23-35-42(50)33(26-10-4-2-5-11-26)24-38(49)45(35,28-13-6-3-7-14-28)41(31)40-30-15-9-8-12-27(30)17-21-37(40)48/h2-19,21-22,24,32,34-35,39,41,48H,20,23H2,1H3. The molecule has 0 aromatic heterocycles. The van der Waals surface area contributed by atoms with E-state index in [4.69, 9.17) is 11.6 Å². The molecule has 1 saturated heterocycles. The molecule has 5 aromatic carbocycles. The van der Waals surface area contributed by atoms with Gasteiger partial charge in [0.2, 0.25) is 11.8 Å². The second-order valence-corrected chi connectivity index (χ2v) is 14.9. The molecule has 0 radical (unpaired) electrons. The molecular formula is C45H34ClNO5. The number of rotatable bonds is 4. The Hall–Kier alpha value is -5.59. The summed E-state index contributed by atoms with van der Waals surface area (Å²) in [6.45, 7) is 1.86. The fourth-order valence-electron chi connectivity index (χ4n) is 9.75. The maximum Gasteiger partial charge on any atom is 0.238 e. The molecule has 3 aliphatic carbocycles. The minimum Gasteiger partial charge on any atom is -0.508 e. The SMILES string of the molecule is Cc1ccc(N2C(=O)C3CC=C4C(CC5C(=O)C(c6ccccc6)=CC(=O)C5(c5ccccc5)C4c4c(O)ccc5ccccc45)C3C2=O)cc1Cl. The first-order valence-corrected chi connectivity index (χ1v) is 18.1. The molecule has 1 N–H and O–H groups in total. The van der Waals surface area contributed by atoms with Gasteiger partial charge in [-0.2, -0.15) is 0 Å². The van der Waals surface area contributed by atoms with E-state index in [9.17, 15) is 14.7 Å². The number of allylic oxidation sites excluding steroid dienone is 4. The number of aromatic hydroxyl groups is 1. The van der Waals surface area contributed by atoms with Crippen LogP contribution in [0.2, 0.25) is 5.02 Å². The van der Waals surface area contributed by atoms with E-state index in [1.165, 1.54) is 11.0 Å². The van der Waals surface area contributed by atoms with Crippen LogP contribution < -0.4 is 4.90 Å². The molecular weight excluding hydrogens is 670 g/mol. The van der Waals surface area contributed by atoms with Crippen molar-refractivity contribution in [2.45, 2.75) is 31.1 Å². The van der Waals surface area contributed by atoms with Crippen LogP contribution in [0.4, 0.5) is 5.69 Å². The van der Waals surface area contributed by atoms with E-state index in [0.29, 0.717) is 33.0 Å². The normalized spacial score (nSPS) is 26.8. The summed E-state index contributed by atoms with van der Waals surface area (Å²) in [5.74, 6) is -4.76. The van der Waals surface area contributed by atoms with E-state index >= 15 is 9.59 Å². The Kier molecular flexibility index (Phi) is 7.46. The molecule has 1 aliphatic heterocycles. The van der Waals surface area contributed by atoms with Gasteiger partial charge in [-0.05, 0) is 77.4 Å². The topological polar surface area (TPSA) is 91.8 Å². The molecule has 0 bridgehead atoms. The highest BCUT2D eigenvalue weighted by atomic mass is 35.5. The minimum atomic E-state index is -1.44. The largest absolute Gasteiger partial charge is 0.508 e. The second-order valence-electron chi connectivity index (χ2n) is 14.5. The van der Waals surface area contributed by atoms with Crippen LogP contribution in [-0.2, 0) is 24.6 Å². The Balaban J connectivity index is 1.31. The first-order chi connectivity index (χ1) is 25.2. The van der Waals surface area contributed by atoms with E-state index in [1.807, 2.05) is 104 Å². The van der Waals surface area contributed by atoms with Crippen molar-refractivity contribution in [3.8, 4) is 5.75 Å². The van der Waals surface area contributed by atoms with Crippen LogP contribution in [0.3, 0.4) is 0 Å². The Morgan fingerprint density at radius 1 is 0.788 bits per heavy atom. The number of amides is 2. The predicted octanol–water partition coefficient (Wildman–Crippen LogP) is 8.54. The lowest BCUT2D eigenvalue weighted by atomic mass is 9.44. The molecule has 0 spiro atoms. The number of ketones is 2. The van der Waals surface area contributed by atoms with Gasteiger partial charge in [0.15, 0.2) is 11.6 Å². The van der Waals surface area contributed by atoms with Gasteiger partial charge in [0.25, 0.3) is 0 Å². The fourth-order valence-corrected chi connectivity index (χ4v) is 9.93. The predicted molar refractivity (Wildman–Crippen MR) is 201 cm³/mol. The van der Waals surface area contributed by atoms with Gasteiger partial charge in [0.05, 0.1) is 22.9 Å². The minimum absolute atomic E-state index is 0.00395. The fraction of sp³-hybridized carbons (Fsp3) is 0.200. The highest BCUT2D eigenvalue weighted by molar-refractivity contribution is 6.33. The van der Waals surface area contributed by atoms with Crippen LogP contribution in [0.15, 0.2) is 133 Å². The number of fused-ring (bicyclic) bond motifs is 5. The lowest BCUT2D eigenvalue weighted by molar-refractivity contribution is -0.135. The Bertz CT molecular complexity index is 2420. The van der Waals surface area contributed by atoms with Crippen molar-refractivity contribution >= 4 is 57.0 Å². The molecule has 6 unspecified atom stereocenters. The summed E-state index contributed by atoms with van der Waals surface area (Å²) in [6.07, 6.45) is 3.97. The summed E-state index contributed by atoms with van der Waals surface area (Å²) in [6, 6.07) is 35.0. The number of aryl methyl sites for hydroxylation is 1. The van der Waals surface area contributed by atoms with Gasteiger partial charge >= 0.3 is 0 Å². The van der Waals surface area contributed by atoms with Crippen molar-refractivity contribution in [3.05, 3.63) is 160 Å². The van der Waals surface area contributed by atoms with Crippen molar-refractivity contribution in [2.24, 2.45) is 23.7 Å². The molecule has 2 fully saturated rings. The zero-order chi connectivity index (χ0) is 35.9. The number of phenols is 1. The number of halogens is 1. The van der Waals surface area contributed by atoms with Crippen LogP contribution in [0.25, 0.3) is 16.3 Å². The quantitative estimate of drug-likeness (QED) is 0.150. The molecule has 2 amide bonds. The van der Waals surface area contributed by atoms with Crippen molar-refractivity contribution in [2.75, 3.05) is 4.90 Å². The highest BCUT2D eigenvalue weighted by Crippen LogP contribution is 2.65. The molecule has 7 heteroatoms. The number of phenolic OH excluding ortho intramolecular Hbond substituents is 1. The highest BCUT2D eigenvalue weighted by Gasteiger charge is 2.66. The number of carbonyl (C=O) groups is 4. The van der Waals surface area contributed by atoms with E-state index in [1.54, 1.807) is 24.3 Å². The Morgan fingerprint density at radius 2 is 1.50 bits per heavy atom. The van der Waals surface area contributed by atoms with Crippen LogP contribution in [0, 0.1) is 30.6 Å². The summed E-state index contributed by atoms with van der Waals surface area (Å²) in [5.41, 5.74) is 2.79. The van der Waals surface area contributed by atoms with Gasteiger partial charge in [0.1, 0.15) is 5.75 Å². The number of hydrogen-bond donors (Lipinski definition) is 1. The molecule has 4 aliphatic rings. The molecule has 6 nitrogen and oxygen atoms in total. The summed E-state index contributed by atoms with van der Waals surface area (Å²) in [7, 11) is 0. The van der Waals surface area contributed by atoms with Gasteiger partial charge in [0, 0.05) is 28.0 Å². The molecule has 256 valence electrons. The maximum absolute atomic E-state index is 15.3. The average Bonchev–Trinajstić information content (AvgIpc) is 3.43. The lowest BCUT2D eigenvalue weighted by Crippen LogP contribution is -2.58. The summed E-state index contributed by atoms with van der Waals surface area (Å²) < 4.78 is 0. The molecule has 1 saturated carbocycles. The van der Waals surface area contributed by atoms with E-state index in [0.717, 1.165) is 21.9 Å². The maximum atomic E-state index is 15.3. The van der Waals surface area contributed by atoms with Crippen LogP contribution in [-0.4, -0.2) is 28.5 Å². The molecule has 9 rings (SSSR count). The van der Waals surface area contributed by atoms with Gasteiger partial charge in [-0.1, -0.05) is 120 Å². The molecule has 52 heavy (non-hydrogen) atoms. The lowest BCUT2D eigenvalue weighted by Gasteiger charge is -2.55. The number of benzene rings is 5. The zero-order valence-corrected chi connectivity index (χ0v) is 29.1. The van der Waals surface area contributed by atoms with Crippen LogP contribution >= 0.6 is 11.6 Å². The van der Waals surface area contributed by atoms with Gasteiger partial charge < -0.3 is 5.11 Å². The number of Topliss-reactive ketones (excluding diaryl/α,β-unsaturated/α-hetero) is 1. The van der Waals surface area contributed by atoms with Crippen molar-refractivity contribution in [3.63, 3.8) is 0 Å². The monoisotopic (exact) mass is 703 g/mol. The van der Waals surface area contributed by atoms with E-state index < -0.39 is 35.0 Å². The number of hydrogen-bond acceptors (Lipinski definition) is 5. The number of carbonyl (C=O) groups excluding carboxylic acids is 4. The summed E-state index contributed by atoms with van der Waals surface area (Å²) >= 11 is 6.49. The molecule has 1 heterocycles. The Morgan fingerprint density at radius 3 is 2.25 bits per heavy atom. The average molecular weight is 704 g/mol. The first-order valence-electron chi connectivity index (χ1n) is 17.7. The summed E-state index contributed by atoms with van der Waals surface area (Å²) in [5, 5.41) is 14.0. The first kappa shape index (κ1) is 32.3. The van der Waals surface area contributed by atoms with Gasteiger partial charge in [-0.3, -0.25) is 19.2 Å². The smallest absolute Gasteiger partial charge is 0.238 e. The number of anilines is 1. The number of imide groups is 1. The number of nitrogens with zero attached hydrogens (tertiary/aromatic N) is 1. The van der Waals surface area contributed by atoms with Crippen LogP contribution in [0.1, 0.15) is 41.0 Å². The van der Waals surface area contributed by atoms with Crippen molar-refractivity contribution in [1.29, 1.82) is 0 Å². The Labute approximate surface area is 306 Å². The second kappa shape index (κ2) is 12.0. The van der Waals surface area contributed by atoms with Crippen molar-refractivity contribution < 1.29 is 24.3 Å². The van der Waals surface area contributed by atoms with Gasteiger partial charge in [-0.15, -0.1) is 0 Å². The van der Waals surface area contributed by atoms with Crippen molar-refractivity contribution in [1.82, 2.24) is 0 Å². The van der Waals surface area contributed by atoms with Crippen LogP contribution in [0.5, 0.6) is 5.75 Å².